The van der Waals surface area contributed by atoms with Gasteiger partial charge in [-0.1, -0.05) is 12.1 Å². The quantitative estimate of drug-likeness (QED) is 0.438. The van der Waals surface area contributed by atoms with Crippen LogP contribution in [0, 0.1) is 11.2 Å². The number of Topliss-reactive ketones (excluding diaryl/α,β-unsaturated/α-hetero) is 1. The molecule has 0 fully saturated rings. The van der Waals surface area contributed by atoms with Gasteiger partial charge in [-0.3, -0.25) is 19.2 Å². The van der Waals surface area contributed by atoms with Crippen molar-refractivity contribution in [2.45, 2.75) is 32.4 Å². The van der Waals surface area contributed by atoms with Gasteiger partial charge in [0.2, 0.25) is 17.7 Å². The molecule has 1 atom stereocenters. The fraction of sp³-hybridized carbons (Fsp3) is 0.353. The maximum atomic E-state index is 12.9. The number of amides is 3. The molecule has 140 valence electrons. The fourth-order valence-electron chi connectivity index (χ4n) is 1.99. The number of hydrogen-bond donors (Lipinski definition) is 4. The summed E-state index contributed by atoms with van der Waals surface area (Å²) in [6, 6.07) is 4.55. The minimum Gasteiger partial charge on any atom is -0.350 e. The van der Waals surface area contributed by atoms with Crippen LogP contribution in [0.1, 0.15) is 25.3 Å². The molecule has 4 N–H and O–H groups in total. The third-order valence-corrected chi connectivity index (χ3v) is 3.37. The average Bonchev–Trinajstić information content (AvgIpc) is 2.62. The molecule has 1 aromatic rings. The van der Waals surface area contributed by atoms with Gasteiger partial charge in [-0.2, -0.15) is 0 Å². The second-order valence-corrected chi connectivity index (χ2v) is 5.52. The van der Waals surface area contributed by atoms with Crippen LogP contribution in [0.3, 0.4) is 0 Å². The van der Waals surface area contributed by atoms with Crippen LogP contribution in [0.2, 0.25) is 0 Å². The van der Waals surface area contributed by atoms with E-state index in [0.29, 0.717) is 11.8 Å². The number of nitrogens with one attached hydrogen (secondary N) is 4. The Labute approximate surface area is 150 Å². The number of rotatable bonds is 10. The standard InChI is InChI=1S/C17H21FN4O4/c1-11(23)20-10-16(25)22-15(7-6-14(24)8-19)17(26)21-9-12-2-4-13(18)5-3-12/h2-5,8,15,19H,6-7,9-10H2,1H3,(H,20,23)(H,21,26)(H,22,25)/t15-/m0/s1. The second-order valence-electron chi connectivity index (χ2n) is 5.52. The van der Waals surface area contributed by atoms with Crippen LogP contribution in [-0.2, 0) is 25.7 Å². The maximum Gasteiger partial charge on any atom is 0.242 e. The Bertz CT molecular complexity index is 676. The predicted octanol–water partition coefficient (Wildman–Crippen LogP) is 0.0617. The predicted molar refractivity (Wildman–Crippen MR) is 91.9 cm³/mol. The van der Waals surface area contributed by atoms with E-state index in [9.17, 15) is 23.6 Å². The van der Waals surface area contributed by atoms with Crippen molar-refractivity contribution >= 4 is 29.7 Å². The third-order valence-electron chi connectivity index (χ3n) is 3.37. The number of carbonyl (C=O) groups is 4. The van der Waals surface area contributed by atoms with E-state index >= 15 is 0 Å². The highest BCUT2D eigenvalue weighted by atomic mass is 19.1. The fourth-order valence-corrected chi connectivity index (χ4v) is 1.99. The van der Waals surface area contributed by atoms with E-state index in [1.54, 1.807) is 0 Å². The summed E-state index contributed by atoms with van der Waals surface area (Å²) in [7, 11) is 0. The van der Waals surface area contributed by atoms with Gasteiger partial charge in [-0.25, -0.2) is 4.39 Å². The van der Waals surface area contributed by atoms with Crippen LogP contribution >= 0.6 is 0 Å². The molecule has 9 heteroatoms. The molecule has 0 spiro atoms. The Morgan fingerprint density at radius 1 is 1.15 bits per heavy atom. The molecular weight excluding hydrogens is 343 g/mol. The van der Waals surface area contributed by atoms with E-state index < -0.39 is 35.4 Å². The van der Waals surface area contributed by atoms with E-state index in [4.69, 9.17) is 5.41 Å². The van der Waals surface area contributed by atoms with Gasteiger partial charge >= 0.3 is 0 Å². The molecule has 1 rings (SSSR count). The van der Waals surface area contributed by atoms with E-state index in [1.165, 1.54) is 31.2 Å². The Kier molecular flexibility index (Phi) is 8.62. The topological polar surface area (TPSA) is 128 Å². The zero-order valence-electron chi connectivity index (χ0n) is 14.3. The van der Waals surface area contributed by atoms with Crippen molar-refractivity contribution in [1.29, 1.82) is 5.41 Å². The Balaban J connectivity index is 2.65. The molecule has 26 heavy (non-hydrogen) atoms. The summed E-state index contributed by atoms with van der Waals surface area (Å²) in [5.41, 5.74) is 0.665. The van der Waals surface area contributed by atoms with Gasteiger partial charge in [0.25, 0.3) is 0 Å². The lowest BCUT2D eigenvalue weighted by atomic mass is 10.1. The highest BCUT2D eigenvalue weighted by Crippen LogP contribution is 2.04. The SMILES string of the molecule is CC(=O)NCC(=O)N[C@@H](CCC(=O)C=N)C(=O)NCc1ccc(F)cc1. The minimum absolute atomic E-state index is 0.00920. The smallest absolute Gasteiger partial charge is 0.242 e. The number of benzene rings is 1. The molecule has 0 aliphatic rings. The lowest BCUT2D eigenvalue weighted by Crippen LogP contribution is -2.49. The highest BCUT2D eigenvalue weighted by molar-refractivity contribution is 6.26. The summed E-state index contributed by atoms with van der Waals surface area (Å²) in [5, 5.41) is 14.2. The van der Waals surface area contributed by atoms with Crippen molar-refractivity contribution in [2.24, 2.45) is 0 Å². The number of halogens is 1. The van der Waals surface area contributed by atoms with Crippen LogP contribution in [0.15, 0.2) is 24.3 Å². The van der Waals surface area contributed by atoms with Gasteiger partial charge in [-0.05, 0) is 24.1 Å². The van der Waals surface area contributed by atoms with Crippen LogP contribution in [0.5, 0.6) is 0 Å². The summed E-state index contributed by atoms with van der Waals surface area (Å²) < 4.78 is 12.9. The van der Waals surface area contributed by atoms with Gasteiger partial charge in [0.15, 0.2) is 5.78 Å². The largest absolute Gasteiger partial charge is 0.350 e. The van der Waals surface area contributed by atoms with Crippen molar-refractivity contribution < 1.29 is 23.6 Å². The van der Waals surface area contributed by atoms with Crippen LogP contribution in [0.4, 0.5) is 4.39 Å². The van der Waals surface area contributed by atoms with E-state index in [0.717, 1.165) is 0 Å². The van der Waals surface area contributed by atoms with E-state index in [1.807, 2.05) is 0 Å². The summed E-state index contributed by atoms with van der Waals surface area (Å²) >= 11 is 0. The summed E-state index contributed by atoms with van der Waals surface area (Å²) in [4.78, 5) is 46.2. The van der Waals surface area contributed by atoms with Crippen molar-refractivity contribution in [2.75, 3.05) is 6.54 Å². The molecular formula is C17H21FN4O4. The minimum atomic E-state index is -0.999. The molecule has 0 bridgehead atoms. The molecule has 0 aromatic heterocycles. The Hall–Kier alpha value is -3.10. The average molecular weight is 364 g/mol. The summed E-state index contributed by atoms with van der Waals surface area (Å²) in [6.07, 6.45) is 0.570. The molecule has 0 unspecified atom stereocenters. The van der Waals surface area contributed by atoms with E-state index in [2.05, 4.69) is 16.0 Å². The summed E-state index contributed by atoms with van der Waals surface area (Å²) in [5.74, 6) is -2.37. The monoisotopic (exact) mass is 364 g/mol. The first-order chi connectivity index (χ1) is 12.3. The molecule has 3 amide bonds. The Morgan fingerprint density at radius 3 is 2.38 bits per heavy atom. The molecule has 0 radical (unpaired) electrons. The molecule has 0 saturated carbocycles. The van der Waals surface area contributed by atoms with Gasteiger partial charge in [0, 0.05) is 19.9 Å². The molecule has 1 aromatic carbocycles. The van der Waals surface area contributed by atoms with Crippen molar-refractivity contribution in [3.63, 3.8) is 0 Å². The van der Waals surface area contributed by atoms with Crippen LogP contribution < -0.4 is 16.0 Å². The first kappa shape index (κ1) is 20.9. The zero-order valence-corrected chi connectivity index (χ0v) is 14.3. The van der Waals surface area contributed by atoms with Gasteiger partial charge < -0.3 is 21.4 Å². The van der Waals surface area contributed by atoms with E-state index in [-0.39, 0.29) is 25.9 Å². The normalized spacial score (nSPS) is 11.2. The zero-order chi connectivity index (χ0) is 19.5. The lowest BCUT2D eigenvalue weighted by Gasteiger charge is -2.18. The number of hydrogen-bond acceptors (Lipinski definition) is 5. The highest BCUT2D eigenvalue weighted by Gasteiger charge is 2.21. The molecule has 0 aliphatic heterocycles. The Morgan fingerprint density at radius 2 is 1.81 bits per heavy atom. The number of carbonyl (C=O) groups excluding carboxylic acids is 4. The van der Waals surface area contributed by atoms with Crippen molar-refractivity contribution in [1.82, 2.24) is 16.0 Å². The van der Waals surface area contributed by atoms with Crippen LogP contribution in [0.25, 0.3) is 0 Å². The molecule has 8 nitrogen and oxygen atoms in total. The molecule has 0 heterocycles. The first-order valence-electron chi connectivity index (χ1n) is 7.91. The second kappa shape index (κ2) is 10.7. The van der Waals surface area contributed by atoms with Crippen molar-refractivity contribution in [3.8, 4) is 0 Å². The number of ketones is 1. The van der Waals surface area contributed by atoms with Gasteiger partial charge in [0.1, 0.15) is 11.9 Å². The van der Waals surface area contributed by atoms with Gasteiger partial charge in [-0.15, -0.1) is 0 Å². The van der Waals surface area contributed by atoms with Crippen molar-refractivity contribution in [3.05, 3.63) is 35.6 Å². The molecule has 0 aliphatic carbocycles. The third kappa shape index (κ3) is 8.13. The van der Waals surface area contributed by atoms with Crippen LogP contribution in [-0.4, -0.2) is 42.3 Å². The maximum absolute atomic E-state index is 12.9. The lowest BCUT2D eigenvalue weighted by molar-refractivity contribution is -0.129. The van der Waals surface area contributed by atoms with Gasteiger partial charge in [0.05, 0.1) is 12.8 Å². The first-order valence-corrected chi connectivity index (χ1v) is 7.91. The summed E-state index contributed by atoms with van der Waals surface area (Å²) in [6.45, 7) is 1.08. The molecule has 0 saturated heterocycles.